The lowest BCUT2D eigenvalue weighted by Crippen LogP contribution is -2.14. The number of hydrogen-bond acceptors (Lipinski definition) is 5. The second-order valence-corrected chi connectivity index (χ2v) is 7.74. The number of tetrazole rings is 1. The lowest BCUT2D eigenvalue weighted by Gasteiger charge is -2.20. The minimum atomic E-state index is -0.423. The van der Waals surface area contributed by atoms with Crippen LogP contribution in [0.15, 0.2) is 36.4 Å². The molecule has 29 heavy (non-hydrogen) atoms. The number of fused-ring (bicyclic) bond motifs is 3. The van der Waals surface area contributed by atoms with Gasteiger partial charge in [-0.15, -0.1) is 0 Å². The van der Waals surface area contributed by atoms with E-state index < -0.39 is 11.6 Å². The lowest BCUT2D eigenvalue weighted by atomic mass is 9.97. The molecule has 0 amide bonds. The Bertz CT molecular complexity index is 1290. The Kier molecular flexibility index (Phi) is 4.38. The van der Waals surface area contributed by atoms with E-state index in [2.05, 4.69) is 32.4 Å². The summed E-state index contributed by atoms with van der Waals surface area (Å²) in [6.45, 7) is 5.95. The Morgan fingerprint density at radius 3 is 2.59 bits per heavy atom. The molecule has 8 heteroatoms. The summed E-state index contributed by atoms with van der Waals surface area (Å²) >= 11 is 0. The molecule has 2 aromatic heterocycles. The third-order valence-electron chi connectivity index (χ3n) is 4.26. The summed E-state index contributed by atoms with van der Waals surface area (Å²) in [7, 11) is 1.72. The molecule has 0 saturated carbocycles. The van der Waals surface area contributed by atoms with Gasteiger partial charge in [-0.05, 0) is 67.6 Å². The number of benzene rings is 2. The van der Waals surface area contributed by atoms with Crippen molar-refractivity contribution in [1.82, 2.24) is 25.0 Å². The molecular weight excluding hydrogens is 374 g/mol. The van der Waals surface area contributed by atoms with Crippen LogP contribution in [0.4, 0.5) is 20.3 Å². The van der Waals surface area contributed by atoms with Crippen LogP contribution in [-0.2, 0) is 0 Å². The van der Waals surface area contributed by atoms with Crippen molar-refractivity contribution in [3.63, 3.8) is 0 Å². The molecule has 0 N–H and O–H groups in total. The van der Waals surface area contributed by atoms with E-state index in [1.54, 1.807) is 24.1 Å². The van der Waals surface area contributed by atoms with Gasteiger partial charge in [0.1, 0.15) is 17.5 Å². The van der Waals surface area contributed by atoms with Crippen LogP contribution in [0.5, 0.6) is 0 Å². The van der Waals surface area contributed by atoms with E-state index in [0.717, 1.165) is 0 Å². The molecular formula is C21H18F2N6. The normalized spacial score (nSPS) is 11.5. The van der Waals surface area contributed by atoms with E-state index in [1.807, 2.05) is 20.8 Å². The Labute approximate surface area is 166 Å². The van der Waals surface area contributed by atoms with Crippen LogP contribution >= 0.6 is 0 Å². The smallest absolute Gasteiger partial charge is 0.275 e. The number of rotatable bonds is 2. The zero-order valence-corrected chi connectivity index (χ0v) is 16.4. The van der Waals surface area contributed by atoms with Gasteiger partial charge in [-0.2, -0.15) is 9.50 Å². The van der Waals surface area contributed by atoms with Gasteiger partial charge >= 0.3 is 0 Å². The lowest BCUT2D eigenvalue weighted by molar-refractivity contribution is 0.571. The maximum absolute atomic E-state index is 14.3. The SMILES string of the molecule is CN(c1cc(F)cc(C#CC(C)(C)C)c1)c1nc2nnnn2c2ccc(F)cc12. The summed E-state index contributed by atoms with van der Waals surface area (Å²) in [5.74, 6) is 5.93. The number of anilines is 2. The van der Waals surface area contributed by atoms with Crippen molar-refractivity contribution >= 4 is 28.2 Å². The summed E-state index contributed by atoms with van der Waals surface area (Å²) in [6.07, 6.45) is 0. The molecule has 0 aliphatic heterocycles. The van der Waals surface area contributed by atoms with Crippen LogP contribution in [-0.4, -0.2) is 32.1 Å². The average Bonchev–Trinajstić information content (AvgIpc) is 3.12. The second kappa shape index (κ2) is 6.78. The van der Waals surface area contributed by atoms with Gasteiger partial charge in [0, 0.05) is 29.1 Å². The number of halogens is 2. The van der Waals surface area contributed by atoms with Crippen molar-refractivity contribution in [3.05, 3.63) is 53.6 Å². The molecule has 0 atom stereocenters. The van der Waals surface area contributed by atoms with E-state index in [9.17, 15) is 8.78 Å². The summed E-state index contributed by atoms with van der Waals surface area (Å²) in [6, 6.07) is 8.79. The molecule has 0 saturated heterocycles. The Hall–Kier alpha value is -3.60. The first-order valence-electron chi connectivity index (χ1n) is 8.96. The zero-order valence-electron chi connectivity index (χ0n) is 16.4. The fourth-order valence-corrected chi connectivity index (χ4v) is 2.91. The molecule has 0 unspecified atom stereocenters. The van der Waals surface area contributed by atoms with Crippen molar-refractivity contribution < 1.29 is 8.78 Å². The van der Waals surface area contributed by atoms with Crippen LogP contribution in [0.2, 0.25) is 0 Å². The van der Waals surface area contributed by atoms with Crippen molar-refractivity contribution in [2.45, 2.75) is 20.8 Å². The molecule has 2 aromatic carbocycles. The Morgan fingerprint density at radius 1 is 1.03 bits per heavy atom. The van der Waals surface area contributed by atoms with E-state index in [1.165, 1.54) is 28.8 Å². The number of nitrogens with zero attached hydrogens (tertiary/aromatic N) is 6. The van der Waals surface area contributed by atoms with Gasteiger partial charge in [0.2, 0.25) is 0 Å². The molecule has 0 bridgehead atoms. The van der Waals surface area contributed by atoms with E-state index in [0.29, 0.717) is 28.0 Å². The van der Waals surface area contributed by atoms with Crippen LogP contribution in [0.1, 0.15) is 26.3 Å². The minimum Gasteiger partial charge on any atom is -0.329 e. The van der Waals surface area contributed by atoms with Gasteiger partial charge in [0.25, 0.3) is 5.78 Å². The average molecular weight is 392 g/mol. The van der Waals surface area contributed by atoms with Gasteiger partial charge in [-0.3, -0.25) is 0 Å². The van der Waals surface area contributed by atoms with Gasteiger partial charge in [-0.1, -0.05) is 16.9 Å². The molecule has 0 radical (unpaired) electrons. The largest absolute Gasteiger partial charge is 0.329 e. The molecule has 2 heterocycles. The minimum absolute atomic E-state index is 0.209. The molecule has 4 aromatic rings. The topological polar surface area (TPSA) is 59.2 Å². The standard InChI is InChI=1S/C21H18F2N6/c1-21(2,3)8-7-13-9-15(23)11-16(10-13)28(4)19-17-12-14(22)5-6-18(17)29-20(24-19)25-26-27-29/h5-6,9-12H,1-4H3. The predicted octanol–water partition coefficient (Wildman–Crippen LogP) is 4.12. The summed E-state index contributed by atoms with van der Waals surface area (Å²) in [5.41, 5.74) is 1.45. The Balaban J connectivity index is 1.89. The van der Waals surface area contributed by atoms with E-state index >= 15 is 0 Å². The van der Waals surface area contributed by atoms with Crippen LogP contribution in [0, 0.1) is 28.9 Å². The van der Waals surface area contributed by atoms with Gasteiger partial charge in [0.15, 0.2) is 0 Å². The van der Waals surface area contributed by atoms with Gasteiger partial charge in [0.05, 0.1) is 5.52 Å². The third-order valence-corrected chi connectivity index (χ3v) is 4.26. The van der Waals surface area contributed by atoms with Crippen LogP contribution in [0.3, 0.4) is 0 Å². The molecule has 0 fully saturated rings. The van der Waals surface area contributed by atoms with Gasteiger partial charge < -0.3 is 4.90 Å². The maximum atomic E-state index is 14.3. The Morgan fingerprint density at radius 2 is 1.83 bits per heavy atom. The summed E-state index contributed by atoms with van der Waals surface area (Å²) in [4.78, 5) is 6.12. The van der Waals surface area contributed by atoms with Crippen molar-refractivity contribution in [2.75, 3.05) is 11.9 Å². The fraction of sp³-hybridized carbons (Fsp3) is 0.238. The highest BCUT2D eigenvalue weighted by molar-refractivity contribution is 5.93. The monoisotopic (exact) mass is 392 g/mol. The van der Waals surface area contributed by atoms with Crippen molar-refractivity contribution in [1.29, 1.82) is 0 Å². The van der Waals surface area contributed by atoms with Crippen LogP contribution in [0.25, 0.3) is 16.7 Å². The van der Waals surface area contributed by atoms with Crippen LogP contribution < -0.4 is 4.90 Å². The van der Waals surface area contributed by atoms with Crippen molar-refractivity contribution in [2.24, 2.45) is 5.41 Å². The number of aromatic nitrogens is 5. The first-order chi connectivity index (χ1) is 13.7. The first kappa shape index (κ1) is 18.7. The molecule has 0 aliphatic rings. The molecule has 0 aliphatic carbocycles. The molecule has 6 nitrogen and oxygen atoms in total. The summed E-state index contributed by atoms with van der Waals surface area (Å²) in [5, 5.41) is 11.9. The highest BCUT2D eigenvalue weighted by Gasteiger charge is 2.17. The predicted molar refractivity (Wildman–Crippen MR) is 107 cm³/mol. The molecule has 4 rings (SSSR count). The highest BCUT2D eigenvalue weighted by atomic mass is 19.1. The molecule has 146 valence electrons. The first-order valence-corrected chi connectivity index (χ1v) is 8.96. The second-order valence-electron chi connectivity index (χ2n) is 7.74. The zero-order chi connectivity index (χ0) is 20.8. The number of hydrogen-bond donors (Lipinski definition) is 0. The van der Waals surface area contributed by atoms with Gasteiger partial charge in [-0.25, -0.2) is 8.78 Å². The fourth-order valence-electron chi connectivity index (χ4n) is 2.91. The maximum Gasteiger partial charge on any atom is 0.275 e. The quantitative estimate of drug-likeness (QED) is 0.481. The van der Waals surface area contributed by atoms with E-state index in [-0.39, 0.29) is 11.2 Å². The third kappa shape index (κ3) is 3.72. The van der Waals surface area contributed by atoms with Crippen molar-refractivity contribution in [3.8, 4) is 11.8 Å². The van der Waals surface area contributed by atoms with E-state index in [4.69, 9.17) is 0 Å². The highest BCUT2D eigenvalue weighted by Crippen LogP contribution is 2.31. The molecule has 0 spiro atoms. The summed E-state index contributed by atoms with van der Waals surface area (Å²) < 4.78 is 29.7.